The number of rotatable bonds is 5. The summed E-state index contributed by atoms with van der Waals surface area (Å²) >= 11 is 0. The second kappa shape index (κ2) is 7.67. The summed E-state index contributed by atoms with van der Waals surface area (Å²) in [6.07, 6.45) is 1.91. The molecule has 1 aliphatic rings. The Balaban J connectivity index is 1.55. The maximum atomic E-state index is 12.2. The number of amides is 1. The maximum absolute atomic E-state index is 12.2. The number of hydrogen-bond donors (Lipinski definition) is 2. The zero-order valence-electron chi connectivity index (χ0n) is 14.5. The van der Waals surface area contributed by atoms with Crippen molar-refractivity contribution < 1.29 is 13.9 Å². The molecule has 2 aromatic heterocycles. The summed E-state index contributed by atoms with van der Waals surface area (Å²) in [5.74, 6) is 0.182. The van der Waals surface area contributed by atoms with Gasteiger partial charge in [-0.15, -0.1) is 0 Å². The van der Waals surface area contributed by atoms with Crippen LogP contribution in [0, 0.1) is 0 Å². The molecule has 1 amide bonds. The van der Waals surface area contributed by atoms with Crippen LogP contribution in [0.3, 0.4) is 0 Å². The molecule has 134 valence electrons. The van der Waals surface area contributed by atoms with Gasteiger partial charge in [-0.2, -0.15) is 0 Å². The van der Waals surface area contributed by atoms with E-state index >= 15 is 0 Å². The quantitative estimate of drug-likeness (QED) is 0.857. The SMILES string of the molecule is C[C@H]1CN(CCNC(=O)c2ccc(-c3ccco3)[nH]c2=O)C[C@H](C)O1. The monoisotopic (exact) mass is 345 g/mol. The first-order valence-corrected chi connectivity index (χ1v) is 8.46. The number of morpholine rings is 1. The number of aromatic amines is 1. The Morgan fingerprint density at radius 1 is 1.28 bits per heavy atom. The number of ether oxygens (including phenoxy) is 1. The fourth-order valence-electron chi connectivity index (χ4n) is 3.12. The summed E-state index contributed by atoms with van der Waals surface area (Å²) in [5, 5.41) is 2.81. The molecule has 0 saturated carbocycles. The summed E-state index contributed by atoms with van der Waals surface area (Å²) in [6, 6.07) is 6.67. The first-order chi connectivity index (χ1) is 12.0. The largest absolute Gasteiger partial charge is 0.463 e. The van der Waals surface area contributed by atoms with Crippen molar-refractivity contribution in [2.45, 2.75) is 26.1 Å². The Kier molecular flexibility index (Phi) is 5.35. The van der Waals surface area contributed by atoms with Crippen molar-refractivity contribution in [3.63, 3.8) is 0 Å². The van der Waals surface area contributed by atoms with Gasteiger partial charge >= 0.3 is 0 Å². The number of carbonyl (C=O) groups is 1. The van der Waals surface area contributed by atoms with Gasteiger partial charge in [0.2, 0.25) is 0 Å². The van der Waals surface area contributed by atoms with E-state index in [0.717, 1.165) is 19.6 Å². The molecule has 1 fully saturated rings. The third-order valence-electron chi connectivity index (χ3n) is 4.15. The smallest absolute Gasteiger partial charge is 0.261 e. The van der Waals surface area contributed by atoms with Gasteiger partial charge in [0.15, 0.2) is 0 Å². The molecule has 1 aliphatic heterocycles. The number of H-pyrrole nitrogens is 1. The Morgan fingerprint density at radius 3 is 2.68 bits per heavy atom. The molecule has 0 aromatic carbocycles. The van der Waals surface area contributed by atoms with E-state index in [1.165, 1.54) is 12.3 Å². The van der Waals surface area contributed by atoms with E-state index in [9.17, 15) is 9.59 Å². The van der Waals surface area contributed by atoms with Crippen molar-refractivity contribution in [2.75, 3.05) is 26.2 Å². The van der Waals surface area contributed by atoms with Gasteiger partial charge in [0.25, 0.3) is 11.5 Å². The van der Waals surface area contributed by atoms with Crippen molar-refractivity contribution >= 4 is 5.91 Å². The zero-order chi connectivity index (χ0) is 17.8. The minimum atomic E-state index is -0.431. The van der Waals surface area contributed by atoms with E-state index in [1.807, 2.05) is 13.8 Å². The van der Waals surface area contributed by atoms with Gasteiger partial charge in [-0.3, -0.25) is 14.5 Å². The highest BCUT2D eigenvalue weighted by atomic mass is 16.5. The van der Waals surface area contributed by atoms with Crippen LogP contribution in [-0.2, 0) is 4.74 Å². The van der Waals surface area contributed by atoms with Crippen molar-refractivity contribution in [1.82, 2.24) is 15.2 Å². The van der Waals surface area contributed by atoms with Gasteiger partial charge in [0.05, 0.1) is 24.2 Å². The van der Waals surface area contributed by atoms with Crippen LogP contribution in [-0.4, -0.2) is 54.2 Å². The van der Waals surface area contributed by atoms with Crippen LogP contribution in [0.2, 0.25) is 0 Å². The molecule has 2 aromatic rings. The van der Waals surface area contributed by atoms with Gasteiger partial charge in [-0.05, 0) is 38.1 Å². The van der Waals surface area contributed by atoms with Crippen molar-refractivity contribution in [2.24, 2.45) is 0 Å². The molecule has 0 unspecified atom stereocenters. The second-order valence-electron chi connectivity index (χ2n) is 6.36. The molecule has 0 spiro atoms. The molecule has 2 atom stereocenters. The van der Waals surface area contributed by atoms with Gasteiger partial charge in [-0.1, -0.05) is 0 Å². The highest BCUT2D eigenvalue weighted by Gasteiger charge is 2.22. The van der Waals surface area contributed by atoms with Crippen molar-refractivity contribution in [3.8, 4) is 11.5 Å². The van der Waals surface area contributed by atoms with Gasteiger partial charge in [0.1, 0.15) is 11.3 Å². The molecule has 0 aliphatic carbocycles. The summed E-state index contributed by atoms with van der Waals surface area (Å²) in [7, 11) is 0. The average Bonchev–Trinajstić information content (AvgIpc) is 3.08. The van der Waals surface area contributed by atoms with E-state index in [0.29, 0.717) is 18.0 Å². The molecular weight excluding hydrogens is 322 g/mol. The first kappa shape index (κ1) is 17.4. The van der Waals surface area contributed by atoms with Crippen LogP contribution in [0.4, 0.5) is 0 Å². The highest BCUT2D eigenvalue weighted by molar-refractivity contribution is 5.94. The number of nitrogens with zero attached hydrogens (tertiary/aromatic N) is 1. The van der Waals surface area contributed by atoms with Gasteiger partial charge in [0, 0.05) is 26.2 Å². The van der Waals surface area contributed by atoms with E-state index in [4.69, 9.17) is 9.15 Å². The summed E-state index contributed by atoms with van der Waals surface area (Å²) in [4.78, 5) is 29.3. The minimum absolute atomic E-state index is 0.0963. The first-order valence-electron chi connectivity index (χ1n) is 8.46. The number of nitrogens with one attached hydrogen (secondary N) is 2. The molecule has 7 heteroatoms. The molecule has 2 N–H and O–H groups in total. The van der Waals surface area contributed by atoms with Crippen molar-refractivity contribution in [1.29, 1.82) is 0 Å². The van der Waals surface area contributed by atoms with E-state index < -0.39 is 5.56 Å². The van der Waals surface area contributed by atoms with Crippen LogP contribution < -0.4 is 10.9 Å². The lowest BCUT2D eigenvalue weighted by Gasteiger charge is -2.35. The molecule has 3 rings (SSSR count). The third kappa shape index (κ3) is 4.37. The van der Waals surface area contributed by atoms with E-state index in [1.54, 1.807) is 18.2 Å². The van der Waals surface area contributed by atoms with Gasteiger partial charge in [-0.25, -0.2) is 0 Å². The third-order valence-corrected chi connectivity index (χ3v) is 4.15. The molecule has 1 saturated heterocycles. The second-order valence-corrected chi connectivity index (χ2v) is 6.36. The van der Waals surface area contributed by atoms with Gasteiger partial charge < -0.3 is 19.5 Å². The Morgan fingerprint density at radius 2 is 2.04 bits per heavy atom. The minimum Gasteiger partial charge on any atom is -0.463 e. The lowest BCUT2D eigenvalue weighted by Crippen LogP contribution is -2.48. The number of carbonyl (C=O) groups excluding carboxylic acids is 1. The normalized spacial score (nSPS) is 21.2. The molecule has 25 heavy (non-hydrogen) atoms. The van der Waals surface area contributed by atoms with Crippen LogP contribution in [0.25, 0.3) is 11.5 Å². The zero-order valence-corrected chi connectivity index (χ0v) is 14.5. The van der Waals surface area contributed by atoms with Crippen LogP contribution in [0.15, 0.2) is 39.7 Å². The Hall–Kier alpha value is -2.38. The molecule has 0 radical (unpaired) electrons. The molecule has 7 nitrogen and oxygen atoms in total. The standard InChI is InChI=1S/C18H23N3O4/c1-12-10-21(11-13(2)25-12)8-7-19-17(22)14-5-6-15(20-18(14)23)16-4-3-9-24-16/h3-6,9,12-13H,7-8,10-11H2,1-2H3,(H,19,22)(H,20,23)/t12-,13-/m0/s1. The van der Waals surface area contributed by atoms with Crippen LogP contribution in [0.5, 0.6) is 0 Å². The fourth-order valence-corrected chi connectivity index (χ4v) is 3.12. The predicted molar refractivity (Wildman–Crippen MR) is 93.5 cm³/mol. The fraction of sp³-hybridized carbons (Fsp3) is 0.444. The average molecular weight is 345 g/mol. The lowest BCUT2D eigenvalue weighted by atomic mass is 10.2. The molecule has 3 heterocycles. The highest BCUT2D eigenvalue weighted by Crippen LogP contribution is 2.15. The predicted octanol–water partition coefficient (Wildman–Crippen LogP) is 1.47. The van der Waals surface area contributed by atoms with E-state index in [-0.39, 0.29) is 23.7 Å². The number of aromatic nitrogens is 1. The van der Waals surface area contributed by atoms with Crippen molar-refractivity contribution in [3.05, 3.63) is 46.4 Å². The molecular formula is C18H23N3O4. The maximum Gasteiger partial charge on any atom is 0.261 e. The number of pyridine rings is 1. The Labute approximate surface area is 146 Å². The summed E-state index contributed by atoms with van der Waals surface area (Å²) < 4.78 is 10.9. The topological polar surface area (TPSA) is 87.6 Å². The summed E-state index contributed by atoms with van der Waals surface area (Å²) in [5.41, 5.74) is 0.210. The Bertz CT molecular complexity index is 759. The number of furan rings is 1. The van der Waals surface area contributed by atoms with E-state index in [2.05, 4.69) is 15.2 Å². The van der Waals surface area contributed by atoms with Crippen LogP contribution >= 0.6 is 0 Å². The number of hydrogen-bond acceptors (Lipinski definition) is 5. The summed E-state index contributed by atoms with van der Waals surface area (Å²) in [6.45, 7) is 6.99. The van der Waals surface area contributed by atoms with Crippen LogP contribution in [0.1, 0.15) is 24.2 Å². The molecule has 0 bridgehead atoms. The lowest BCUT2D eigenvalue weighted by molar-refractivity contribution is -0.0672.